The third kappa shape index (κ3) is 1.72. The van der Waals surface area contributed by atoms with Gasteiger partial charge < -0.3 is 5.11 Å². The topological polar surface area (TPSA) is 105 Å². The van der Waals surface area contributed by atoms with Crippen LogP contribution in [0.2, 0.25) is 0 Å². The van der Waals surface area contributed by atoms with Crippen molar-refractivity contribution in [3.63, 3.8) is 0 Å². The van der Waals surface area contributed by atoms with Gasteiger partial charge in [0.25, 0.3) is 0 Å². The number of rotatable bonds is 2. The van der Waals surface area contributed by atoms with Gasteiger partial charge in [-0.15, -0.1) is 0 Å². The van der Waals surface area contributed by atoms with Gasteiger partial charge in [0.05, 0.1) is 12.4 Å². The lowest BCUT2D eigenvalue weighted by Gasteiger charge is -1.98. The molecule has 0 aliphatic rings. The normalized spacial score (nSPS) is 9.69. The minimum absolute atomic E-state index is 0.0776. The Hall–Kier alpha value is -2.75. The summed E-state index contributed by atoms with van der Waals surface area (Å²) in [5, 5.41) is 17.2. The summed E-state index contributed by atoms with van der Waals surface area (Å²) in [6, 6.07) is 1.84. The van der Waals surface area contributed by atoms with E-state index in [1.165, 1.54) is 29.5 Å². The molecule has 7 nitrogen and oxygen atoms in total. The molecule has 0 unspecified atom stereocenters. The highest BCUT2D eigenvalue weighted by atomic mass is 16.4. The lowest BCUT2D eigenvalue weighted by Crippen LogP contribution is -1.98. The van der Waals surface area contributed by atoms with Gasteiger partial charge >= 0.3 is 5.97 Å². The quantitative estimate of drug-likeness (QED) is 0.768. The number of nitriles is 1. The highest BCUT2D eigenvalue weighted by Crippen LogP contribution is 2.04. The van der Waals surface area contributed by atoms with Crippen LogP contribution < -0.4 is 0 Å². The standard InChI is InChI=1S/C9H5N5O2/c10-1-6-2-12-8(3-11-6)14-4-7(9(15)16)13-5-14/h2-5H,(H,15,16). The Kier molecular flexibility index (Phi) is 2.31. The number of imidazole rings is 1. The van der Waals surface area contributed by atoms with E-state index in [0.29, 0.717) is 5.82 Å². The molecule has 7 heteroatoms. The molecule has 0 spiro atoms. The third-order valence-corrected chi connectivity index (χ3v) is 1.82. The summed E-state index contributed by atoms with van der Waals surface area (Å²) in [6.45, 7) is 0. The first-order valence-corrected chi connectivity index (χ1v) is 4.20. The molecule has 0 atom stereocenters. The predicted octanol–water partition coefficient (Wildman–Crippen LogP) is 0.232. The maximum atomic E-state index is 10.6. The molecular weight excluding hydrogens is 210 g/mol. The second-order valence-electron chi connectivity index (χ2n) is 2.84. The molecule has 16 heavy (non-hydrogen) atoms. The Morgan fingerprint density at radius 3 is 2.69 bits per heavy atom. The predicted molar refractivity (Wildman–Crippen MR) is 50.8 cm³/mol. The summed E-state index contributed by atoms with van der Waals surface area (Å²) in [5.74, 6) is -0.709. The zero-order chi connectivity index (χ0) is 11.5. The minimum Gasteiger partial charge on any atom is -0.476 e. The summed E-state index contributed by atoms with van der Waals surface area (Å²) in [4.78, 5) is 22.0. The molecule has 1 N–H and O–H groups in total. The van der Waals surface area contributed by atoms with Crippen LogP contribution in [0.4, 0.5) is 0 Å². The van der Waals surface area contributed by atoms with Gasteiger partial charge in [-0.3, -0.25) is 4.57 Å². The molecule has 0 aliphatic heterocycles. The Balaban J connectivity index is 2.36. The zero-order valence-corrected chi connectivity index (χ0v) is 7.90. The van der Waals surface area contributed by atoms with E-state index < -0.39 is 5.97 Å². The highest BCUT2D eigenvalue weighted by molar-refractivity contribution is 5.85. The molecule has 0 bridgehead atoms. The van der Waals surface area contributed by atoms with Crippen LogP contribution in [0.1, 0.15) is 16.2 Å². The van der Waals surface area contributed by atoms with Gasteiger partial charge in [-0.2, -0.15) is 5.26 Å². The van der Waals surface area contributed by atoms with Gasteiger partial charge in [-0.05, 0) is 0 Å². The van der Waals surface area contributed by atoms with Gasteiger partial charge in [0.1, 0.15) is 12.4 Å². The van der Waals surface area contributed by atoms with E-state index in [4.69, 9.17) is 10.4 Å². The van der Waals surface area contributed by atoms with Crippen molar-refractivity contribution in [2.75, 3.05) is 0 Å². The Bertz CT molecular complexity index is 566. The molecule has 2 aromatic rings. The van der Waals surface area contributed by atoms with E-state index in [-0.39, 0.29) is 11.4 Å². The van der Waals surface area contributed by atoms with Crippen molar-refractivity contribution in [2.24, 2.45) is 0 Å². The summed E-state index contributed by atoms with van der Waals surface area (Å²) >= 11 is 0. The molecule has 2 heterocycles. The maximum Gasteiger partial charge on any atom is 0.356 e. The summed E-state index contributed by atoms with van der Waals surface area (Å²) in [6.07, 6.45) is 5.31. The first-order chi connectivity index (χ1) is 7.70. The van der Waals surface area contributed by atoms with Crippen molar-refractivity contribution in [3.8, 4) is 11.9 Å². The van der Waals surface area contributed by atoms with Crippen LogP contribution in [-0.4, -0.2) is 30.6 Å². The molecule has 0 aromatic carbocycles. The highest BCUT2D eigenvalue weighted by Gasteiger charge is 2.08. The lowest BCUT2D eigenvalue weighted by atomic mass is 10.5. The fourth-order valence-corrected chi connectivity index (χ4v) is 1.07. The van der Waals surface area contributed by atoms with Gasteiger partial charge in [0.2, 0.25) is 0 Å². The average molecular weight is 215 g/mol. The molecule has 2 rings (SSSR count). The molecule has 0 saturated carbocycles. The number of carbonyl (C=O) groups is 1. The number of carboxylic acid groups (broad SMARTS) is 1. The van der Waals surface area contributed by atoms with E-state index in [1.54, 1.807) is 0 Å². The van der Waals surface area contributed by atoms with Crippen LogP contribution in [0.5, 0.6) is 0 Å². The van der Waals surface area contributed by atoms with Gasteiger partial charge in [0, 0.05) is 6.20 Å². The lowest BCUT2D eigenvalue weighted by molar-refractivity contribution is 0.0691. The summed E-state index contributed by atoms with van der Waals surface area (Å²) < 4.78 is 1.41. The first-order valence-electron chi connectivity index (χ1n) is 4.20. The fourth-order valence-electron chi connectivity index (χ4n) is 1.07. The maximum absolute atomic E-state index is 10.6. The minimum atomic E-state index is -1.11. The van der Waals surface area contributed by atoms with E-state index in [1.807, 2.05) is 6.07 Å². The Labute approximate surface area is 89.6 Å². The van der Waals surface area contributed by atoms with Crippen LogP contribution in [0.3, 0.4) is 0 Å². The van der Waals surface area contributed by atoms with E-state index in [2.05, 4.69) is 15.0 Å². The third-order valence-electron chi connectivity index (χ3n) is 1.82. The number of hydrogen-bond acceptors (Lipinski definition) is 5. The van der Waals surface area contributed by atoms with Crippen LogP contribution >= 0.6 is 0 Å². The van der Waals surface area contributed by atoms with Crippen molar-refractivity contribution in [1.82, 2.24) is 19.5 Å². The summed E-state index contributed by atoms with van der Waals surface area (Å²) in [7, 11) is 0. The van der Waals surface area contributed by atoms with Crippen molar-refractivity contribution < 1.29 is 9.90 Å². The van der Waals surface area contributed by atoms with E-state index in [9.17, 15) is 4.79 Å². The van der Waals surface area contributed by atoms with Gasteiger partial charge in [-0.25, -0.2) is 19.7 Å². The Morgan fingerprint density at radius 1 is 1.38 bits per heavy atom. The molecule has 0 saturated heterocycles. The molecule has 0 fully saturated rings. The van der Waals surface area contributed by atoms with Crippen molar-refractivity contribution in [3.05, 3.63) is 36.3 Å². The SMILES string of the molecule is N#Cc1cnc(-n2cnc(C(=O)O)c2)cn1. The van der Waals surface area contributed by atoms with Gasteiger partial charge in [-0.1, -0.05) is 0 Å². The average Bonchev–Trinajstić information content (AvgIpc) is 2.78. The van der Waals surface area contributed by atoms with E-state index >= 15 is 0 Å². The number of nitrogens with zero attached hydrogens (tertiary/aromatic N) is 5. The smallest absolute Gasteiger partial charge is 0.356 e. The van der Waals surface area contributed by atoms with Gasteiger partial charge in [0.15, 0.2) is 17.2 Å². The number of aromatic carboxylic acids is 1. The number of aromatic nitrogens is 4. The van der Waals surface area contributed by atoms with Crippen LogP contribution in [0.15, 0.2) is 24.9 Å². The molecule has 78 valence electrons. The fraction of sp³-hybridized carbons (Fsp3) is 0. The van der Waals surface area contributed by atoms with E-state index in [0.717, 1.165) is 0 Å². The van der Waals surface area contributed by atoms with Crippen LogP contribution in [-0.2, 0) is 0 Å². The zero-order valence-electron chi connectivity index (χ0n) is 7.90. The van der Waals surface area contributed by atoms with Crippen molar-refractivity contribution >= 4 is 5.97 Å². The van der Waals surface area contributed by atoms with Crippen molar-refractivity contribution in [1.29, 1.82) is 5.26 Å². The molecule has 0 amide bonds. The number of hydrogen-bond donors (Lipinski definition) is 1. The second kappa shape index (κ2) is 3.78. The van der Waals surface area contributed by atoms with Crippen molar-refractivity contribution in [2.45, 2.75) is 0 Å². The Morgan fingerprint density at radius 2 is 2.19 bits per heavy atom. The number of carboxylic acids is 1. The monoisotopic (exact) mass is 215 g/mol. The first kappa shape index (κ1) is 9.79. The largest absolute Gasteiger partial charge is 0.476 e. The second-order valence-corrected chi connectivity index (χ2v) is 2.84. The molecular formula is C9H5N5O2. The van der Waals surface area contributed by atoms with Crippen LogP contribution in [0, 0.1) is 11.3 Å². The molecule has 2 aromatic heterocycles. The molecule has 0 radical (unpaired) electrons. The molecule has 0 aliphatic carbocycles. The summed E-state index contributed by atoms with van der Waals surface area (Å²) in [5.41, 5.74) is 0.119. The van der Waals surface area contributed by atoms with Crippen LogP contribution in [0.25, 0.3) is 5.82 Å².